The van der Waals surface area contributed by atoms with Gasteiger partial charge >= 0.3 is 0 Å². The molecule has 11 heteroatoms. The van der Waals surface area contributed by atoms with Crippen molar-refractivity contribution in [3.8, 4) is 0 Å². The van der Waals surface area contributed by atoms with Gasteiger partial charge in [0.2, 0.25) is 20.6 Å². The Morgan fingerprint density at radius 1 is 1.05 bits per heavy atom. The molecule has 0 N–H and O–H groups in total. The predicted octanol–water partition coefficient (Wildman–Crippen LogP) is 6.35. The van der Waals surface area contributed by atoms with Crippen LogP contribution in [0.5, 0.6) is 0 Å². The van der Waals surface area contributed by atoms with Crippen molar-refractivity contribution in [3.05, 3.63) is 99.9 Å². The van der Waals surface area contributed by atoms with Crippen molar-refractivity contribution in [3.63, 3.8) is 0 Å². The second-order valence-electron chi connectivity index (χ2n) is 10.7. The number of para-hydroxylation sites is 1. The van der Waals surface area contributed by atoms with Gasteiger partial charge < -0.3 is 4.42 Å². The molecule has 0 saturated heterocycles. The van der Waals surface area contributed by atoms with Gasteiger partial charge in [-0.3, -0.25) is 9.59 Å². The van der Waals surface area contributed by atoms with E-state index in [-0.39, 0.29) is 27.5 Å². The van der Waals surface area contributed by atoms with Crippen LogP contribution in [0.15, 0.2) is 92.2 Å². The third-order valence-corrected chi connectivity index (χ3v) is 10.7. The van der Waals surface area contributed by atoms with Crippen LogP contribution in [0.2, 0.25) is 0 Å². The van der Waals surface area contributed by atoms with Crippen LogP contribution in [0, 0.1) is 6.92 Å². The normalized spacial score (nSPS) is 14.7. The molecule has 1 fully saturated rings. The van der Waals surface area contributed by atoms with E-state index < -0.39 is 15.9 Å². The Hall–Kier alpha value is -4.19. The summed E-state index contributed by atoms with van der Waals surface area (Å²) in [5, 5.41) is 6.24. The molecule has 2 heterocycles. The molecular formula is C32H30N4O5S2. The Bertz CT molecular complexity index is 2010. The van der Waals surface area contributed by atoms with Crippen molar-refractivity contribution < 1.29 is 17.6 Å². The average Bonchev–Trinajstić information content (AvgIpc) is 3.45. The zero-order valence-electron chi connectivity index (χ0n) is 23.8. The van der Waals surface area contributed by atoms with Crippen LogP contribution in [0.1, 0.15) is 53.6 Å². The molecule has 0 unspecified atom stereocenters. The van der Waals surface area contributed by atoms with Gasteiger partial charge in [0.15, 0.2) is 0 Å². The van der Waals surface area contributed by atoms with Crippen molar-refractivity contribution in [2.75, 3.05) is 12.1 Å². The molecule has 0 atom stereocenters. The monoisotopic (exact) mass is 614 g/mol. The largest absolute Gasteiger partial charge is 0.463 e. The van der Waals surface area contributed by atoms with Gasteiger partial charge in [-0.25, -0.2) is 13.4 Å². The highest BCUT2D eigenvalue weighted by molar-refractivity contribution is 7.89. The Morgan fingerprint density at radius 2 is 1.79 bits per heavy atom. The molecule has 0 radical (unpaired) electrons. The molecule has 2 aromatic heterocycles. The topological polar surface area (TPSA) is 113 Å². The van der Waals surface area contributed by atoms with E-state index in [1.165, 1.54) is 52.4 Å². The molecule has 43 heavy (non-hydrogen) atoms. The minimum atomic E-state index is -3.72. The van der Waals surface area contributed by atoms with Crippen LogP contribution >= 0.6 is 11.3 Å². The van der Waals surface area contributed by atoms with Crippen molar-refractivity contribution in [1.29, 1.82) is 0 Å². The molecule has 1 amide bonds. The first kappa shape index (κ1) is 28.9. The second-order valence-corrected chi connectivity index (χ2v) is 13.7. The third kappa shape index (κ3) is 5.75. The summed E-state index contributed by atoms with van der Waals surface area (Å²) in [5.74, 6) is -0.526. The van der Waals surface area contributed by atoms with Crippen LogP contribution in [0.3, 0.4) is 0 Å². The number of amides is 1. The number of rotatable bonds is 7. The predicted molar refractivity (Wildman–Crippen MR) is 170 cm³/mol. The summed E-state index contributed by atoms with van der Waals surface area (Å²) in [6.45, 7) is 1.97. The molecule has 0 aliphatic heterocycles. The van der Waals surface area contributed by atoms with Gasteiger partial charge in [-0.1, -0.05) is 48.8 Å². The first-order valence-electron chi connectivity index (χ1n) is 14.1. The van der Waals surface area contributed by atoms with Gasteiger partial charge in [0.25, 0.3) is 5.91 Å². The summed E-state index contributed by atoms with van der Waals surface area (Å²) < 4.78 is 34.6. The molecule has 1 aliphatic rings. The number of thiazole rings is 1. The zero-order valence-corrected chi connectivity index (χ0v) is 25.4. The maximum atomic E-state index is 13.9. The molecule has 6 rings (SSSR count). The number of fused-ring (bicyclic) bond motifs is 2. The lowest BCUT2D eigenvalue weighted by atomic mass is 9.96. The lowest BCUT2D eigenvalue weighted by Gasteiger charge is -2.30. The number of anilines is 1. The number of hydrogen-bond acceptors (Lipinski definition) is 8. The van der Waals surface area contributed by atoms with Crippen LogP contribution in [-0.2, 0) is 10.0 Å². The molecule has 0 bridgehead atoms. The summed E-state index contributed by atoms with van der Waals surface area (Å²) in [6.07, 6.45) is 7.43. The lowest BCUT2D eigenvalue weighted by molar-refractivity contribution is 0.0987. The Kier molecular flexibility index (Phi) is 7.95. The van der Waals surface area contributed by atoms with Crippen LogP contribution in [0.25, 0.3) is 21.2 Å². The van der Waals surface area contributed by atoms with E-state index in [0.29, 0.717) is 21.6 Å². The molecule has 0 spiro atoms. The fraction of sp³-hybridized carbons (Fsp3) is 0.250. The highest BCUT2D eigenvalue weighted by Gasteiger charge is 2.29. The lowest BCUT2D eigenvalue weighted by Crippen LogP contribution is -2.38. The number of hydrazone groups is 1. The Balaban J connectivity index is 1.34. The van der Waals surface area contributed by atoms with E-state index in [1.807, 2.05) is 25.1 Å². The van der Waals surface area contributed by atoms with E-state index in [0.717, 1.165) is 47.4 Å². The van der Waals surface area contributed by atoms with E-state index in [2.05, 4.69) is 10.1 Å². The van der Waals surface area contributed by atoms with Crippen LogP contribution in [0.4, 0.5) is 5.13 Å². The van der Waals surface area contributed by atoms with E-state index in [1.54, 1.807) is 31.3 Å². The number of carbonyl (C=O) groups is 1. The maximum absolute atomic E-state index is 13.9. The molecule has 220 valence electrons. The number of sulfonamides is 1. The number of carbonyl (C=O) groups excluding carboxylic acids is 1. The standard InChI is InChI=1S/C32H30N4O5S2/c1-21-12-17-27-29(18-21)42-32(34-27)36(33-19-23-20-41-28-11-7-6-10-26(28)30(23)37)31(38)22-13-15-25(16-14-22)43(39,40)35(2)24-8-4-3-5-9-24/h6-7,10-20,24H,3-5,8-9H2,1-2H3/b33-19+. The van der Waals surface area contributed by atoms with Crippen LogP contribution < -0.4 is 10.4 Å². The van der Waals surface area contributed by atoms with Crippen molar-refractivity contribution in [1.82, 2.24) is 9.29 Å². The highest BCUT2D eigenvalue weighted by atomic mass is 32.2. The van der Waals surface area contributed by atoms with E-state index in [4.69, 9.17) is 4.42 Å². The van der Waals surface area contributed by atoms with Crippen LogP contribution in [-0.4, -0.2) is 42.9 Å². The summed E-state index contributed by atoms with van der Waals surface area (Å²) in [4.78, 5) is 31.7. The van der Waals surface area contributed by atoms with Crippen molar-refractivity contribution >= 4 is 59.8 Å². The molecule has 9 nitrogen and oxygen atoms in total. The first-order valence-corrected chi connectivity index (χ1v) is 16.3. The van der Waals surface area contributed by atoms with Gasteiger partial charge in [-0.15, -0.1) is 0 Å². The molecule has 3 aromatic carbocycles. The van der Waals surface area contributed by atoms with Gasteiger partial charge in [0.05, 0.1) is 32.3 Å². The minimum Gasteiger partial charge on any atom is -0.463 e. The van der Waals surface area contributed by atoms with Crippen molar-refractivity contribution in [2.45, 2.75) is 50.0 Å². The number of hydrogen-bond donors (Lipinski definition) is 0. The van der Waals surface area contributed by atoms with Gasteiger partial charge in [0, 0.05) is 18.7 Å². The molecule has 1 aliphatic carbocycles. The summed E-state index contributed by atoms with van der Waals surface area (Å²) >= 11 is 1.29. The summed E-state index contributed by atoms with van der Waals surface area (Å²) in [6, 6.07) is 18.5. The summed E-state index contributed by atoms with van der Waals surface area (Å²) in [7, 11) is -2.10. The quantitative estimate of drug-likeness (QED) is 0.156. The van der Waals surface area contributed by atoms with Gasteiger partial charge in [-0.05, 0) is 73.9 Å². The van der Waals surface area contributed by atoms with E-state index >= 15 is 0 Å². The number of aryl methyl sites for hydroxylation is 1. The fourth-order valence-corrected chi connectivity index (χ4v) is 7.74. The smallest absolute Gasteiger partial charge is 0.280 e. The van der Waals surface area contributed by atoms with Gasteiger partial charge in [-0.2, -0.15) is 14.4 Å². The van der Waals surface area contributed by atoms with Gasteiger partial charge in [0.1, 0.15) is 11.8 Å². The van der Waals surface area contributed by atoms with Crippen molar-refractivity contribution in [2.24, 2.45) is 5.10 Å². The SMILES string of the molecule is Cc1ccc2nc(N(/N=C/c3coc4ccccc4c3=O)C(=O)c3ccc(S(=O)(=O)N(C)C4CCCCC4)cc3)sc2c1. The molecule has 1 saturated carbocycles. The first-order chi connectivity index (χ1) is 20.7. The molecule has 5 aromatic rings. The maximum Gasteiger partial charge on any atom is 0.280 e. The summed E-state index contributed by atoms with van der Waals surface area (Å²) in [5.41, 5.74) is 2.31. The Morgan fingerprint density at radius 3 is 2.56 bits per heavy atom. The van der Waals surface area contributed by atoms with E-state index in [9.17, 15) is 18.0 Å². The number of benzene rings is 3. The fourth-order valence-electron chi connectivity index (χ4n) is 5.30. The minimum absolute atomic E-state index is 0.0275. The average molecular weight is 615 g/mol. The highest BCUT2D eigenvalue weighted by Crippen LogP contribution is 2.31. The Labute approximate surface area is 253 Å². The number of aromatic nitrogens is 1. The molecular weight excluding hydrogens is 585 g/mol. The second kappa shape index (κ2) is 11.8. The zero-order chi connectivity index (χ0) is 30.1. The third-order valence-electron chi connectivity index (χ3n) is 7.79. The number of nitrogens with zero attached hydrogens (tertiary/aromatic N) is 4.